The van der Waals surface area contributed by atoms with Gasteiger partial charge in [0.2, 0.25) is 5.91 Å². The Bertz CT molecular complexity index is 715. The summed E-state index contributed by atoms with van der Waals surface area (Å²) in [6, 6.07) is 0. The number of rotatable bonds is 38. The van der Waals surface area contributed by atoms with Crippen molar-refractivity contribution in [1.29, 1.82) is 0 Å². The van der Waals surface area contributed by atoms with Crippen molar-refractivity contribution in [3.8, 4) is 0 Å². The van der Waals surface area contributed by atoms with Crippen molar-refractivity contribution in [3.63, 3.8) is 0 Å². The molecule has 0 rings (SSSR count). The Morgan fingerprint density at radius 2 is 0.875 bits per heavy atom. The summed E-state index contributed by atoms with van der Waals surface area (Å²) in [6.07, 6.45) is 40.7. The summed E-state index contributed by atoms with van der Waals surface area (Å²) in [6.45, 7) is 5.75. The number of Topliss-reactive ketones (excluding diaryl/α,β-unsaturated/α-hetero) is 1. The Balaban J connectivity index is 0. The van der Waals surface area contributed by atoms with Crippen LogP contribution in [0.2, 0.25) is 0 Å². The molecule has 0 fully saturated rings. The van der Waals surface area contributed by atoms with Crippen LogP contribution in [-0.4, -0.2) is 30.7 Å². The van der Waals surface area contributed by atoms with Gasteiger partial charge in [-0.15, -0.1) is 12.4 Å². The second-order valence-corrected chi connectivity index (χ2v) is 14.5. The molecule has 0 saturated heterocycles. The van der Waals surface area contributed by atoms with E-state index in [0.29, 0.717) is 38.8 Å². The Kier molecular flexibility index (Phi) is 40.8. The van der Waals surface area contributed by atoms with Crippen LogP contribution in [0.5, 0.6) is 0 Å². The number of carbonyl (C=O) groups excluding carboxylic acids is 2. The Morgan fingerprint density at radius 3 is 1.25 bits per heavy atom. The highest BCUT2D eigenvalue weighted by Crippen LogP contribution is 2.18. The van der Waals surface area contributed by atoms with E-state index in [4.69, 9.17) is 11.5 Å². The van der Waals surface area contributed by atoms with Gasteiger partial charge >= 0.3 is 0 Å². The molecule has 0 spiro atoms. The Labute approximate surface area is 305 Å². The molecule has 48 heavy (non-hydrogen) atoms. The van der Waals surface area contributed by atoms with Crippen molar-refractivity contribution in [2.75, 3.05) is 13.1 Å². The maximum Gasteiger partial charge on any atom is 0.223 e. The summed E-state index contributed by atoms with van der Waals surface area (Å²) in [7, 11) is 0. The lowest BCUT2D eigenvalue weighted by molar-refractivity contribution is -0.129. The van der Waals surface area contributed by atoms with E-state index in [2.05, 4.69) is 24.2 Å². The van der Waals surface area contributed by atoms with Gasteiger partial charge in [-0.05, 0) is 25.7 Å². The fourth-order valence-electron chi connectivity index (χ4n) is 6.62. The van der Waals surface area contributed by atoms with Gasteiger partial charge in [-0.3, -0.25) is 14.6 Å². The second-order valence-electron chi connectivity index (χ2n) is 14.5. The van der Waals surface area contributed by atoms with E-state index in [1.807, 2.05) is 0 Å². The van der Waals surface area contributed by atoms with Crippen LogP contribution in [0.1, 0.15) is 226 Å². The molecule has 7 heteroatoms. The van der Waals surface area contributed by atoms with Crippen molar-refractivity contribution in [3.05, 3.63) is 0 Å². The van der Waals surface area contributed by atoms with Crippen molar-refractivity contribution in [1.82, 2.24) is 5.32 Å². The molecule has 0 aliphatic heterocycles. The Morgan fingerprint density at radius 1 is 0.521 bits per heavy atom. The highest BCUT2D eigenvalue weighted by Gasteiger charge is 2.21. The van der Waals surface area contributed by atoms with Gasteiger partial charge in [-0.2, -0.15) is 0 Å². The predicted octanol–water partition coefficient (Wildman–Crippen LogP) is 11.9. The molecule has 0 bridgehead atoms. The molecule has 0 radical (unpaired) electrons. The fourth-order valence-corrected chi connectivity index (χ4v) is 6.62. The zero-order valence-corrected chi connectivity index (χ0v) is 33.0. The molecular formula is C41H83ClN4O2. The van der Waals surface area contributed by atoms with Crippen molar-refractivity contribution in [2.24, 2.45) is 22.4 Å². The number of ketones is 1. The summed E-state index contributed by atoms with van der Waals surface area (Å²) in [4.78, 5) is 29.8. The first-order chi connectivity index (χ1) is 23.0. The van der Waals surface area contributed by atoms with Gasteiger partial charge in [0.25, 0.3) is 0 Å². The number of hydrogen-bond acceptors (Lipinski definition) is 3. The predicted molar refractivity (Wildman–Crippen MR) is 213 cm³/mol. The molecule has 286 valence electrons. The van der Waals surface area contributed by atoms with Gasteiger partial charge in [0.05, 0.1) is 0 Å². The van der Waals surface area contributed by atoms with Gasteiger partial charge < -0.3 is 16.8 Å². The fraction of sp³-hybridized carbons (Fsp3) is 0.927. The van der Waals surface area contributed by atoms with Crippen LogP contribution in [0.25, 0.3) is 0 Å². The number of nitrogens with two attached hydrogens (primary N) is 2. The second kappa shape index (κ2) is 40.1. The quantitative estimate of drug-likeness (QED) is 0.0338. The van der Waals surface area contributed by atoms with Gasteiger partial charge in [-0.1, -0.05) is 187 Å². The minimum absolute atomic E-state index is 0. The molecule has 0 saturated carbocycles. The number of halogens is 1. The van der Waals surface area contributed by atoms with Gasteiger partial charge in [-0.25, -0.2) is 0 Å². The molecule has 6 nitrogen and oxygen atoms in total. The number of aliphatic imine (C=N–C) groups is 1. The topological polar surface area (TPSA) is 111 Å². The van der Waals surface area contributed by atoms with E-state index in [-0.39, 0.29) is 36.0 Å². The maximum atomic E-state index is 13.0. The summed E-state index contributed by atoms with van der Waals surface area (Å²) >= 11 is 0. The largest absolute Gasteiger partial charge is 0.370 e. The molecule has 0 aliphatic carbocycles. The van der Waals surface area contributed by atoms with E-state index in [0.717, 1.165) is 25.7 Å². The van der Waals surface area contributed by atoms with E-state index in [1.54, 1.807) is 0 Å². The normalized spacial score (nSPS) is 11.6. The summed E-state index contributed by atoms with van der Waals surface area (Å²) in [5.41, 5.74) is 10.9. The van der Waals surface area contributed by atoms with Crippen LogP contribution in [0.4, 0.5) is 0 Å². The highest BCUT2D eigenvalue weighted by molar-refractivity contribution is 5.86. The van der Waals surface area contributed by atoms with Crippen molar-refractivity contribution >= 4 is 30.1 Å². The number of unbranched alkanes of at least 4 members (excludes halogenated alkanes) is 27. The van der Waals surface area contributed by atoms with Gasteiger partial charge in [0.1, 0.15) is 5.78 Å². The van der Waals surface area contributed by atoms with Gasteiger partial charge in [0, 0.05) is 31.8 Å². The average Bonchev–Trinajstić information content (AvgIpc) is 3.05. The van der Waals surface area contributed by atoms with Crippen LogP contribution >= 0.6 is 12.4 Å². The molecule has 5 N–H and O–H groups in total. The lowest BCUT2D eigenvalue weighted by Gasteiger charge is -2.16. The van der Waals surface area contributed by atoms with Crippen LogP contribution in [0.15, 0.2) is 4.99 Å². The average molecular weight is 700 g/mol. The third kappa shape index (κ3) is 37.5. The van der Waals surface area contributed by atoms with Crippen LogP contribution in [0.3, 0.4) is 0 Å². The van der Waals surface area contributed by atoms with Gasteiger partial charge in [0.15, 0.2) is 5.96 Å². The highest BCUT2D eigenvalue weighted by atomic mass is 35.5. The number of carbonyl (C=O) groups is 2. The molecule has 0 heterocycles. The SMILES string of the molecule is CCCCCCCCCCCCCCCCCCCCCC(=O)C[C@@H](CCCN=C(N)N)C(=O)NCCCCCCCCCCCC.Cl. The number of amides is 1. The number of nitrogens with zero attached hydrogens (tertiary/aromatic N) is 1. The molecule has 0 aromatic carbocycles. The van der Waals surface area contributed by atoms with E-state index in [9.17, 15) is 9.59 Å². The first-order valence-corrected chi connectivity index (χ1v) is 20.9. The standard InChI is InChI=1S/C41H82N4O2.ClH/c1-3-5-7-9-11-13-15-16-17-18-19-20-21-22-23-24-26-28-30-34-39(46)37-38(33-32-36-45-41(42)43)40(47)44-35-31-29-27-25-14-12-10-8-6-4-2;/h38H,3-37H2,1-2H3,(H,44,47)(H4,42,43,45);1H/t38-;/m1./s1. The molecule has 0 unspecified atom stereocenters. The minimum Gasteiger partial charge on any atom is -0.370 e. The zero-order chi connectivity index (χ0) is 34.5. The lowest BCUT2D eigenvalue weighted by Crippen LogP contribution is -2.33. The molecule has 1 atom stereocenters. The molecular weight excluding hydrogens is 616 g/mol. The Hall–Kier alpha value is -1.30. The summed E-state index contributed by atoms with van der Waals surface area (Å²) in [5, 5.41) is 3.12. The number of hydrogen-bond donors (Lipinski definition) is 3. The van der Waals surface area contributed by atoms with Crippen LogP contribution in [0, 0.1) is 5.92 Å². The monoisotopic (exact) mass is 699 g/mol. The van der Waals surface area contributed by atoms with Crippen LogP contribution < -0.4 is 16.8 Å². The molecule has 1 amide bonds. The summed E-state index contributed by atoms with van der Waals surface area (Å²) in [5.74, 6) is 0.0394. The lowest BCUT2D eigenvalue weighted by atomic mass is 9.93. The van der Waals surface area contributed by atoms with E-state index >= 15 is 0 Å². The van der Waals surface area contributed by atoms with E-state index < -0.39 is 0 Å². The van der Waals surface area contributed by atoms with Crippen LogP contribution in [-0.2, 0) is 9.59 Å². The molecule has 0 aromatic rings. The molecule has 0 aromatic heterocycles. The van der Waals surface area contributed by atoms with Crippen molar-refractivity contribution < 1.29 is 9.59 Å². The zero-order valence-electron chi connectivity index (χ0n) is 32.2. The maximum absolute atomic E-state index is 13.0. The first kappa shape index (κ1) is 48.8. The number of guanidine groups is 1. The number of nitrogens with one attached hydrogen (secondary N) is 1. The first-order valence-electron chi connectivity index (χ1n) is 20.9. The summed E-state index contributed by atoms with van der Waals surface area (Å²) < 4.78 is 0. The smallest absolute Gasteiger partial charge is 0.223 e. The van der Waals surface area contributed by atoms with E-state index in [1.165, 1.54) is 161 Å². The third-order valence-electron chi connectivity index (χ3n) is 9.74. The minimum atomic E-state index is -0.278. The molecule has 0 aliphatic rings. The van der Waals surface area contributed by atoms with Crippen molar-refractivity contribution in [2.45, 2.75) is 226 Å². The third-order valence-corrected chi connectivity index (χ3v) is 9.74.